The number of para-hydroxylation sites is 1. The van der Waals surface area contributed by atoms with E-state index in [1.807, 2.05) is 42.6 Å². The Morgan fingerprint density at radius 2 is 2.07 bits per heavy atom. The first-order chi connectivity index (χ1) is 14.1. The molecule has 0 spiro atoms. The Balaban J connectivity index is 1.31. The number of aromatic nitrogens is 2. The Kier molecular flexibility index (Phi) is 5.57. The minimum absolute atomic E-state index is 0.282. The van der Waals surface area contributed by atoms with E-state index in [1.54, 1.807) is 17.0 Å². The van der Waals surface area contributed by atoms with Crippen molar-refractivity contribution in [2.45, 2.75) is 26.2 Å². The van der Waals surface area contributed by atoms with Crippen LogP contribution in [0.4, 0.5) is 0 Å². The summed E-state index contributed by atoms with van der Waals surface area (Å²) in [5, 5.41) is 4.28. The predicted octanol–water partition coefficient (Wildman–Crippen LogP) is 3.53. The number of nitrogens with one attached hydrogen (secondary N) is 2. The van der Waals surface area contributed by atoms with Crippen LogP contribution >= 0.6 is 11.3 Å². The molecule has 0 bridgehead atoms. The lowest BCUT2D eigenvalue weighted by Crippen LogP contribution is -2.40. The number of nitrogens with zero attached hydrogens (tertiary/aromatic N) is 2. The number of fused-ring (bicyclic) bond motifs is 1. The highest BCUT2D eigenvalue weighted by Gasteiger charge is 2.20. The number of thiophene rings is 1. The first-order valence-electron chi connectivity index (χ1n) is 9.58. The summed E-state index contributed by atoms with van der Waals surface area (Å²) in [4.78, 5) is 26.3. The zero-order valence-corrected chi connectivity index (χ0v) is 16.9. The Labute approximate surface area is 173 Å². The van der Waals surface area contributed by atoms with E-state index in [0.29, 0.717) is 10.8 Å². The maximum Gasteiger partial charge on any atom is 0.279 e. The molecule has 29 heavy (non-hydrogen) atoms. The van der Waals surface area contributed by atoms with Crippen molar-refractivity contribution in [1.29, 1.82) is 0 Å². The van der Waals surface area contributed by atoms with Crippen LogP contribution < -0.4 is 10.9 Å². The van der Waals surface area contributed by atoms with Crippen molar-refractivity contribution in [2.75, 3.05) is 0 Å². The zero-order chi connectivity index (χ0) is 20.2. The van der Waals surface area contributed by atoms with Crippen LogP contribution in [0.15, 0.2) is 54.9 Å². The van der Waals surface area contributed by atoms with Gasteiger partial charge >= 0.3 is 0 Å². The summed E-state index contributed by atoms with van der Waals surface area (Å²) in [6.45, 7) is 2.23. The van der Waals surface area contributed by atoms with Gasteiger partial charge in [0.25, 0.3) is 11.8 Å². The predicted molar refractivity (Wildman–Crippen MR) is 114 cm³/mol. The average molecular weight is 407 g/mol. The molecule has 0 radical (unpaired) electrons. The van der Waals surface area contributed by atoms with Gasteiger partial charge < -0.3 is 0 Å². The third kappa shape index (κ3) is 4.63. The fourth-order valence-corrected chi connectivity index (χ4v) is 4.46. The summed E-state index contributed by atoms with van der Waals surface area (Å²) in [6, 6.07) is 11.7. The molecule has 148 valence electrons. The molecule has 3 aromatic rings. The van der Waals surface area contributed by atoms with Crippen molar-refractivity contribution >= 4 is 29.2 Å². The molecule has 0 saturated heterocycles. The number of hydrogen-bond donors (Lipinski definition) is 2. The normalized spacial score (nSPS) is 15.8. The van der Waals surface area contributed by atoms with Crippen LogP contribution in [0.25, 0.3) is 11.8 Å². The molecule has 1 aliphatic carbocycles. The number of benzene rings is 1. The minimum atomic E-state index is -0.402. The standard InChI is InChI=1S/C22H22N4O2S/c1-15-7-9-19-17(11-15)12-20(29-19)22(28)25-24-21(27)10-8-16-13-23-26(14-16)18-5-3-2-4-6-18/h2-6,8,10,12-15H,7,9,11H2,1H3,(H,24,27)(H,25,28)/b10-8+/t15-/m1/s1. The molecule has 0 unspecified atom stereocenters. The molecule has 7 heteroatoms. The quantitative estimate of drug-likeness (QED) is 0.514. The van der Waals surface area contributed by atoms with E-state index < -0.39 is 5.91 Å². The Bertz CT molecular complexity index is 1050. The van der Waals surface area contributed by atoms with Gasteiger partial charge in [-0.1, -0.05) is 25.1 Å². The van der Waals surface area contributed by atoms with E-state index in [2.05, 4.69) is 22.9 Å². The summed E-state index contributed by atoms with van der Waals surface area (Å²) in [5.41, 5.74) is 7.91. The molecule has 2 amide bonds. The molecular weight excluding hydrogens is 384 g/mol. The van der Waals surface area contributed by atoms with Crippen molar-refractivity contribution < 1.29 is 9.59 Å². The van der Waals surface area contributed by atoms with Crippen LogP contribution in [0.5, 0.6) is 0 Å². The molecule has 1 aromatic carbocycles. The van der Waals surface area contributed by atoms with Gasteiger partial charge in [-0.2, -0.15) is 5.10 Å². The average Bonchev–Trinajstić information content (AvgIpc) is 3.38. The fraction of sp³-hybridized carbons (Fsp3) is 0.227. The Morgan fingerprint density at radius 3 is 2.90 bits per heavy atom. The second kappa shape index (κ2) is 8.45. The highest BCUT2D eigenvalue weighted by Crippen LogP contribution is 2.32. The molecule has 4 rings (SSSR count). The monoisotopic (exact) mass is 406 g/mol. The number of hydrogen-bond acceptors (Lipinski definition) is 4. The number of hydrazine groups is 1. The lowest BCUT2D eigenvalue weighted by Gasteiger charge is -2.16. The largest absolute Gasteiger partial charge is 0.279 e. The smallest absolute Gasteiger partial charge is 0.268 e. The van der Waals surface area contributed by atoms with Crippen molar-refractivity contribution in [2.24, 2.45) is 5.92 Å². The molecule has 2 N–H and O–H groups in total. The highest BCUT2D eigenvalue weighted by atomic mass is 32.1. The second-order valence-electron chi connectivity index (χ2n) is 7.24. The highest BCUT2D eigenvalue weighted by molar-refractivity contribution is 7.14. The lowest BCUT2D eigenvalue weighted by atomic mass is 9.90. The van der Waals surface area contributed by atoms with E-state index in [9.17, 15) is 9.59 Å². The molecule has 2 aromatic heterocycles. The minimum Gasteiger partial charge on any atom is -0.268 e. The van der Waals surface area contributed by atoms with Crippen LogP contribution in [-0.2, 0) is 17.6 Å². The van der Waals surface area contributed by atoms with Crippen molar-refractivity contribution in [3.63, 3.8) is 0 Å². The van der Waals surface area contributed by atoms with Gasteiger partial charge in [0.1, 0.15) is 0 Å². The summed E-state index contributed by atoms with van der Waals surface area (Å²) >= 11 is 1.52. The van der Waals surface area contributed by atoms with Gasteiger partial charge in [-0.15, -0.1) is 11.3 Å². The van der Waals surface area contributed by atoms with Gasteiger partial charge in [-0.3, -0.25) is 20.4 Å². The number of carbonyl (C=O) groups is 2. The third-order valence-corrected chi connectivity index (χ3v) is 6.14. The van der Waals surface area contributed by atoms with Crippen LogP contribution in [0, 0.1) is 5.92 Å². The molecule has 1 aliphatic rings. The number of rotatable bonds is 4. The van der Waals surface area contributed by atoms with E-state index in [4.69, 9.17) is 0 Å². The van der Waals surface area contributed by atoms with E-state index in [-0.39, 0.29) is 5.91 Å². The maximum atomic E-state index is 12.3. The van der Waals surface area contributed by atoms with E-state index >= 15 is 0 Å². The van der Waals surface area contributed by atoms with Gasteiger partial charge in [-0.05, 0) is 55.0 Å². The molecular formula is C22H22N4O2S. The van der Waals surface area contributed by atoms with Crippen LogP contribution in [0.3, 0.4) is 0 Å². The summed E-state index contributed by atoms with van der Waals surface area (Å²) < 4.78 is 1.73. The lowest BCUT2D eigenvalue weighted by molar-refractivity contribution is -0.117. The number of carbonyl (C=O) groups excluding carboxylic acids is 2. The molecule has 0 saturated carbocycles. The SMILES string of the molecule is C[C@@H]1CCc2sc(C(=O)NNC(=O)/C=C/c3cnn(-c4ccccc4)c3)cc2C1. The first kappa shape index (κ1) is 19.1. The summed E-state index contributed by atoms with van der Waals surface area (Å²) in [6.07, 6.45) is 9.73. The van der Waals surface area contributed by atoms with Gasteiger partial charge in [0.15, 0.2) is 0 Å². The van der Waals surface area contributed by atoms with Gasteiger partial charge in [0, 0.05) is 22.7 Å². The third-order valence-electron chi connectivity index (χ3n) is 4.90. The Morgan fingerprint density at radius 1 is 1.24 bits per heavy atom. The molecule has 2 heterocycles. The molecule has 6 nitrogen and oxygen atoms in total. The molecule has 0 aliphatic heterocycles. The maximum absolute atomic E-state index is 12.3. The summed E-state index contributed by atoms with van der Waals surface area (Å²) in [7, 11) is 0. The number of amides is 2. The summed E-state index contributed by atoms with van der Waals surface area (Å²) in [5.74, 6) is -0.0273. The van der Waals surface area contributed by atoms with Gasteiger partial charge in [0.2, 0.25) is 0 Å². The zero-order valence-electron chi connectivity index (χ0n) is 16.1. The van der Waals surface area contributed by atoms with Gasteiger partial charge in [0.05, 0.1) is 16.8 Å². The van der Waals surface area contributed by atoms with Crippen molar-refractivity contribution in [3.8, 4) is 5.69 Å². The topological polar surface area (TPSA) is 76.0 Å². The van der Waals surface area contributed by atoms with Crippen LogP contribution in [0.1, 0.15) is 39.0 Å². The van der Waals surface area contributed by atoms with Crippen molar-refractivity contribution in [1.82, 2.24) is 20.6 Å². The Hall–Kier alpha value is -3.19. The van der Waals surface area contributed by atoms with Gasteiger partial charge in [-0.25, -0.2) is 4.68 Å². The van der Waals surface area contributed by atoms with E-state index in [0.717, 1.165) is 30.5 Å². The fourth-order valence-electron chi connectivity index (χ4n) is 3.36. The molecule has 0 fully saturated rings. The molecule has 1 atom stereocenters. The van der Waals surface area contributed by atoms with Crippen molar-refractivity contribution in [3.05, 3.63) is 75.7 Å². The van der Waals surface area contributed by atoms with E-state index in [1.165, 1.54) is 27.9 Å². The first-order valence-corrected chi connectivity index (χ1v) is 10.4. The second-order valence-corrected chi connectivity index (χ2v) is 8.37. The van der Waals surface area contributed by atoms with Crippen LogP contribution in [0.2, 0.25) is 0 Å². The number of aryl methyl sites for hydroxylation is 1. The van der Waals surface area contributed by atoms with Crippen LogP contribution in [-0.4, -0.2) is 21.6 Å².